The Morgan fingerprint density at radius 3 is 2.36 bits per heavy atom. The zero-order valence-electron chi connectivity index (χ0n) is 14.1. The Hall–Kier alpha value is -3.00. The van der Waals surface area contributed by atoms with Gasteiger partial charge in [-0.15, -0.1) is 0 Å². The maximum atomic E-state index is 12.3. The molecule has 0 radical (unpaired) electrons. The minimum atomic E-state index is -0.519. The molecule has 0 aliphatic carbocycles. The van der Waals surface area contributed by atoms with E-state index in [-0.39, 0.29) is 16.4 Å². The number of amides is 1. The monoisotopic (exact) mass is 358 g/mol. The third-order valence-electron chi connectivity index (χ3n) is 3.62. The summed E-state index contributed by atoms with van der Waals surface area (Å²) in [4.78, 5) is 24.7. The maximum Gasteiger partial charge on any atom is 0.273 e. The standard InChI is InChI=1S/C17H18N4O3S/c1-11-14(5-4-6-15(11)21(23)24)16(22)19-17(25)18-12-7-9-13(10-8-12)20(2)3/h4-10H,1-3H3,(H2,18,19,22,25). The summed E-state index contributed by atoms with van der Waals surface area (Å²) in [5, 5.41) is 16.5. The number of carbonyl (C=O) groups is 1. The lowest BCUT2D eigenvalue weighted by Crippen LogP contribution is -2.34. The topological polar surface area (TPSA) is 87.5 Å². The number of nitro benzene ring substituents is 1. The number of nitrogens with zero attached hydrogens (tertiary/aromatic N) is 2. The van der Waals surface area contributed by atoms with Gasteiger partial charge in [-0.05, 0) is 49.5 Å². The second-order valence-corrected chi connectivity index (χ2v) is 5.96. The highest BCUT2D eigenvalue weighted by atomic mass is 32.1. The molecule has 0 aliphatic heterocycles. The Balaban J connectivity index is 2.07. The van der Waals surface area contributed by atoms with E-state index in [0.29, 0.717) is 5.56 Å². The molecule has 0 saturated carbocycles. The van der Waals surface area contributed by atoms with Gasteiger partial charge in [0.1, 0.15) is 0 Å². The van der Waals surface area contributed by atoms with Gasteiger partial charge in [0.05, 0.1) is 4.92 Å². The number of hydrogen-bond acceptors (Lipinski definition) is 5. The highest BCUT2D eigenvalue weighted by Gasteiger charge is 2.18. The van der Waals surface area contributed by atoms with Crippen molar-refractivity contribution < 1.29 is 9.72 Å². The second-order valence-electron chi connectivity index (χ2n) is 5.56. The van der Waals surface area contributed by atoms with Crippen LogP contribution in [0, 0.1) is 17.0 Å². The molecule has 2 N–H and O–H groups in total. The fraction of sp³-hybridized carbons (Fsp3) is 0.176. The molecule has 0 saturated heterocycles. The summed E-state index contributed by atoms with van der Waals surface area (Å²) in [6.45, 7) is 1.53. The summed E-state index contributed by atoms with van der Waals surface area (Å²) < 4.78 is 0. The summed E-state index contributed by atoms with van der Waals surface area (Å²) in [5.41, 5.74) is 2.16. The first-order chi connectivity index (χ1) is 11.8. The molecular formula is C17H18N4O3S. The van der Waals surface area contributed by atoms with E-state index in [9.17, 15) is 14.9 Å². The lowest BCUT2D eigenvalue weighted by molar-refractivity contribution is -0.385. The van der Waals surface area contributed by atoms with Crippen LogP contribution in [0.4, 0.5) is 17.1 Å². The molecule has 0 fully saturated rings. The summed E-state index contributed by atoms with van der Waals surface area (Å²) in [6, 6.07) is 11.9. The smallest absolute Gasteiger partial charge is 0.273 e. The van der Waals surface area contributed by atoms with Crippen LogP contribution >= 0.6 is 12.2 Å². The van der Waals surface area contributed by atoms with Gasteiger partial charge in [-0.25, -0.2) is 0 Å². The molecule has 7 nitrogen and oxygen atoms in total. The molecule has 0 unspecified atom stereocenters. The van der Waals surface area contributed by atoms with E-state index in [2.05, 4.69) is 10.6 Å². The number of carbonyl (C=O) groups excluding carboxylic acids is 1. The molecule has 0 heterocycles. The van der Waals surface area contributed by atoms with Crippen LogP contribution in [-0.2, 0) is 0 Å². The van der Waals surface area contributed by atoms with Crippen LogP contribution < -0.4 is 15.5 Å². The molecule has 0 aromatic heterocycles. The van der Waals surface area contributed by atoms with Crippen LogP contribution in [0.5, 0.6) is 0 Å². The quantitative estimate of drug-likeness (QED) is 0.496. The number of benzene rings is 2. The van der Waals surface area contributed by atoms with Gasteiger partial charge in [0.2, 0.25) is 0 Å². The lowest BCUT2D eigenvalue weighted by atomic mass is 10.1. The van der Waals surface area contributed by atoms with Crippen molar-refractivity contribution in [2.45, 2.75) is 6.92 Å². The van der Waals surface area contributed by atoms with Crippen molar-refractivity contribution in [2.24, 2.45) is 0 Å². The van der Waals surface area contributed by atoms with Crippen molar-refractivity contribution in [3.05, 3.63) is 63.7 Å². The lowest BCUT2D eigenvalue weighted by Gasteiger charge is -2.14. The van der Waals surface area contributed by atoms with Crippen molar-refractivity contribution in [3.8, 4) is 0 Å². The third-order valence-corrected chi connectivity index (χ3v) is 3.82. The van der Waals surface area contributed by atoms with Gasteiger partial charge in [-0.3, -0.25) is 20.2 Å². The zero-order valence-corrected chi connectivity index (χ0v) is 14.9. The largest absolute Gasteiger partial charge is 0.378 e. The van der Waals surface area contributed by atoms with Gasteiger partial charge in [0, 0.05) is 42.7 Å². The second kappa shape index (κ2) is 7.71. The van der Waals surface area contributed by atoms with Gasteiger partial charge in [-0.1, -0.05) is 6.07 Å². The molecule has 2 aromatic carbocycles. The van der Waals surface area contributed by atoms with E-state index in [1.807, 2.05) is 43.3 Å². The Morgan fingerprint density at radius 2 is 1.80 bits per heavy atom. The maximum absolute atomic E-state index is 12.3. The molecule has 25 heavy (non-hydrogen) atoms. The molecule has 0 aliphatic rings. The number of rotatable bonds is 4. The third kappa shape index (κ3) is 4.51. The van der Waals surface area contributed by atoms with Crippen LogP contribution in [-0.4, -0.2) is 30.0 Å². The van der Waals surface area contributed by atoms with Crippen LogP contribution in [0.2, 0.25) is 0 Å². The fourth-order valence-corrected chi connectivity index (χ4v) is 2.45. The van der Waals surface area contributed by atoms with E-state index >= 15 is 0 Å². The van der Waals surface area contributed by atoms with Crippen molar-refractivity contribution >= 4 is 40.3 Å². The van der Waals surface area contributed by atoms with Gasteiger partial charge >= 0.3 is 0 Å². The number of nitro groups is 1. The number of thiocarbonyl (C=S) groups is 1. The van der Waals surface area contributed by atoms with E-state index < -0.39 is 10.8 Å². The Bertz CT molecular complexity index is 819. The van der Waals surface area contributed by atoms with E-state index in [0.717, 1.165) is 11.4 Å². The number of anilines is 2. The molecule has 0 atom stereocenters. The molecule has 8 heteroatoms. The number of hydrogen-bond donors (Lipinski definition) is 2. The Morgan fingerprint density at radius 1 is 1.16 bits per heavy atom. The van der Waals surface area contributed by atoms with E-state index in [1.165, 1.54) is 25.1 Å². The molecule has 130 valence electrons. The van der Waals surface area contributed by atoms with Crippen molar-refractivity contribution in [2.75, 3.05) is 24.3 Å². The van der Waals surface area contributed by atoms with Gasteiger partial charge in [0.15, 0.2) is 5.11 Å². The van der Waals surface area contributed by atoms with Gasteiger partial charge < -0.3 is 10.2 Å². The van der Waals surface area contributed by atoms with E-state index in [1.54, 1.807) is 0 Å². The normalized spacial score (nSPS) is 10.0. The predicted octanol–water partition coefficient (Wildman–Crippen LogP) is 3.10. The first kappa shape index (κ1) is 18.3. The summed E-state index contributed by atoms with van der Waals surface area (Å²) in [5.74, 6) is -0.497. The average molecular weight is 358 g/mol. The first-order valence-electron chi connectivity index (χ1n) is 7.43. The first-order valence-corrected chi connectivity index (χ1v) is 7.84. The SMILES string of the molecule is Cc1c(C(=O)NC(=S)Nc2ccc(N(C)C)cc2)cccc1[N+](=O)[O-]. The van der Waals surface area contributed by atoms with Crippen LogP contribution in [0.15, 0.2) is 42.5 Å². The summed E-state index contributed by atoms with van der Waals surface area (Å²) in [7, 11) is 3.88. The number of nitrogens with one attached hydrogen (secondary N) is 2. The summed E-state index contributed by atoms with van der Waals surface area (Å²) in [6.07, 6.45) is 0. The van der Waals surface area contributed by atoms with Crippen molar-refractivity contribution in [3.63, 3.8) is 0 Å². The average Bonchev–Trinajstić information content (AvgIpc) is 2.54. The summed E-state index contributed by atoms with van der Waals surface area (Å²) >= 11 is 5.14. The molecule has 0 bridgehead atoms. The molecule has 2 rings (SSSR count). The predicted molar refractivity (Wildman–Crippen MR) is 102 cm³/mol. The van der Waals surface area contributed by atoms with Crippen LogP contribution in [0.25, 0.3) is 0 Å². The van der Waals surface area contributed by atoms with Crippen molar-refractivity contribution in [1.29, 1.82) is 0 Å². The van der Waals surface area contributed by atoms with Crippen LogP contribution in [0.1, 0.15) is 15.9 Å². The van der Waals surface area contributed by atoms with Gasteiger partial charge in [0.25, 0.3) is 11.6 Å². The highest BCUT2D eigenvalue weighted by Crippen LogP contribution is 2.21. The fourth-order valence-electron chi connectivity index (χ4n) is 2.24. The molecular weight excluding hydrogens is 340 g/mol. The molecule has 1 amide bonds. The Kier molecular flexibility index (Phi) is 5.66. The minimum Gasteiger partial charge on any atom is -0.378 e. The molecule has 0 spiro atoms. The van der Waals surface area contributed by atoms with E-state index in [4.69, 9.17) is 12.2 Å². The minimum absolute atomic E-state index is 0.106. The zero-order chi connectivity index (χ0) is 18.6. The highest BCUT2D eigenvalue weighted by molar-refractivity contribution is 7.80. The Labute approximate surface area is 150 Å². The van der Waals surface area contributed by atoms with Crippen LogP contribution in [0.3, 0.4) is 0 Å². The molecule has 2 aromatic rings. The van der Waals surface area contributed by atoms with Gasteiger partial charge in [-0.2, -0.15) is 0 Å². The van der Waals surface area contributed by atoms with Crippen molar-refractivity contribution in [1.82, 2.24) is 5.32 Å².